The standard InChI is InChI=1S/C43H85O10P/c1-3-5-7-9-11-13-15-17-18-19-20-21-22-23-25-26-28-30-32-34-42(46)50-38-41(39-52-54(48,49)51-37-40(45)36-44)53-43(47)35-33-31-29-27-24-16-14-12-10-8-6-4-2/h40-41,44-45H,3-39H2,1-2H3,(H,48,49)/t40-,41+/m1/s1. The highest BCUT2D eigenvalue weighted by Crippen LogP contribution is 2.43. The molecule has 0 aromatic carbocycles. The van der Waals surface area contributed by atoms with Gasteiger partial charge >= 0.3 is 19.8 Å². The molecule has 0 bridgehead atoms. The van der Waals surface area contributed by atoms with Crippen LogP contribution in [0.3, 0.4) is 0 Å². The summed E-state index contributed by atoms with van der Waals surface area (Å²) in [4.78, 5) is 35.0. The Hall–Kier alpha value is -1.03. The lowest BCUT2D eigenvalue weighted by Gasteiger charge is -2.20. The van der Waals surface area contributed by atoms with Gasteiger partial charge in [-0.25, -0.2) is 4.57 Å². The van der Waals surface area contributed by atoms with Crippen molar-refractivity contribution in [3.8, 4) is 0 Å². The number of phosphoric ester groups is 1. The Balaban J connectivity index is 4.17. The van der Waals surface area contributed by atoms with Crippen LogP contribution in [0.4, 0.5) is 0 Å². The van der Waals surface area contributed by atoms with Crippen molar-refractivity contribution in [1.29, 1.82) is 0 Å². The smallest absolute Gasteiger partial charge is 0.462 e. The molecule has 0 aliphatic heterocycles. The number of ether oxygens (including phenoxy) is 2. The van der Waals surface area contributed by atoms with Gasteiger partial charge in [-0.3, -0.25) is 18.6 Å². The molecule has 0 aromatic rings. The van der Waals surface area contributed by atoms with Crippen molar-refractivity contribution in [2.75, 3.05) is 26.4 Å². The monoisotopic (exact) mass is 793 g/mol. The van der Waals surface area contributed by atoms with Crippen LogP contribution in [0.1, 0.15) is 226 Å². The highest BCUT2D eigenvalue weighted by atomic mass is 31.2. The molecule has 0 radical (unpaired) electrons. The maximum atomic E-state index is 12.6. The lowest BCUT2D eigenvalue weighted by Crippen LogP contribution is -2.29. The van der Waals surface area contributed by atoms with Gasteiger partial charge in [0.1, 0.15) is 12.7 Å². The summed E-state index contributed by atoms with van der Waals surface area (Å²) >= 11 is 0. The predicted octanol–water partition coefficient (Wildman–Crippen LogP) is 11.8. The van der Waals surface area contributed by atoms with Crippen molar-refractivity contribution in [1.82, 2.24) is 0 Å². The summed E-state index contributed by atoms with van der Waals surface area (Å²) in [6.45, 7) is 2.42. The number of carbonyl (C=O) groups is 2. The van der Waals surface area contributed by atoms with Crippen LogP contribution in [-0.4, -0.2) is 65.7 Å². The van der Waals surface area contributed by atoms with E-state index in [2.05, 4.69) is 13.8 Å². The van der Waals surface area contributed by atoms with Gasteiger partial charge in [0.15, 0.2) is 6.10 Å². The van der Waals surface area contributed by atoms with Crippen molar-refractivity contribution in [3.05, 3.63) is 0 Å². The number of phosphoric acid groups is 1. The van der Waals surface area contributed by atoms with E-state index >= 15 is 0 Å². The number of hydrogen-bond acceptors (Lipinski definition) is 9. The van der Waals surface area contributed by atoms with Crippen LogP contribution in [-0.2, 0) is 32.7 Å². The SMILES string of the molecule is CCCCCCCCCCCCCCCCCCCCCC(=O)OC[C@@H](COP(=O)(O)OC[C@H](O)CO)OC(=O)CCCCCCCCCCCCCC. The fraction of sp³-hybridized carbons (Fsp3) is 0.953. The van der Waals surface area contributed by atoms with Crippen molar-refractivity contribution >= 4 is 19.8 Å². The zero-order chi connectivity index (χ0) is 39.8. The van der Waals surface area contributed by atoms with E-state index in [9.17, 15) is 24.2 Å². The highest BCUT2D eigenvalue weighted by Gasteiger charge is 2.27. The van der Waals surface area contributed by atoms with E-state index in [1.165, 1.54) is 154 Å². The first-order valence-corrected chi connectivity index (χ1v) is 24.0. The molecule has 0 saturated carbocycles. The van der Waals surface area contributed by atoms with Gasteiger partial charge in [-0.2, -0.15) is 0 Å². The van der Waals surface area contributed by atoms with E-state index in [4.69, 9.17) is 23.6 Å². The predicted molar refractivity (Wildman–Crippen MR) is 219 cm³/mol. The van der Waals surface area contributed by atoms with E-state index in [0.29, 0.717) is 12.8 Å². The van der Waals surface area contributed by atoms with E-state index in [1.807, 2.05) is 0 Å². The summed E-state index contributed by atoms with van der Waals surface area (Å²) in [5.41, 5.74) is 0. The van der Waals surface area contributed by atoms with E-state index in [1.54, 1.807) is 0 Å². The number of esters is 2. The Bertz CT molecular complexity index is 873. The van der Waals surface area contributed by atoms with E-state index < -0.39 is 51.8 Å². The molecule has 3 atom stereocenters. The largest absolute Gasteiger partial charge is 0.472 e. The Kier molecular flexibility index (Phi) is 39.4. The first kappa shape index (κ1) is 53.0. The van der Waals surface area contributed by atoms with Crippen molar-refractivity contribution in [2.24, 2.45) is 0 Å². The molecule has 3 N–H and O–H groups in total. The number of carbonyl (C=O) groups excluding carboxylic acids is 2. The summed E-state index contributed by atoms with van der Waals surface area (Å²) in [5.74, 6) is -0.909. The van der Waals surface area contributed by atoms with Gasteiger partial charge in [0.05, 0.1) is 19.8 Å². The van der Waals surface area contributed by atoms with Gasteiger partial charge in [0.25, 0.3) is 0 Å². The van der Waals surface area contributed by atoms with Crippen LogP contribution in [0, 0.1) is 0 Å². The van der Waals surface area contributed by atoms with Gasteiger partial charge in [-0.15, -0.1) is 0 Å². The lowest BCUT2D eigenvalue weighted by atomic mass is 10.0. The third-order valence-corrected chi connectivity index (χ3v) is 11.0. The van der Waals surface area contributed by atoms with Crippen LogP contribution in [0.5, 0.6) is 0 Å². The number of aliphatic hydroxyl groups excluding tert-OH is 2. The quantitative estimate of drug-likeness (QED) is 0.0309. The molecule has 322 valence electrons. The molecule has 0 rings (SSSR count). The van der Waals surface area contributed by atoms with Gasteiger partial charge in [0.2, 0.25) is 0 Å². The minimum Gasteiger partial charge on any atom is -0.462 e. The Morgan fingerprint density at radius 1 is 0.481 bits per heavy atom. The molecule has 11 heteroatoms. The molecular weight excluding hydrogens is 707 g/mol. The summed E-state index contributed by atoms with van der Waals surface area (Å²) in [5, 5.41) is 18.3. The maximum Gasteiger partial charge on any atom is 0.472 e. The topological polar surface area (TPSA) is 149 Å². The molecule has 0 amide bonds. The minimum atomic E-state index is -4.61. The number of hydrogen-bond donors (Lipinski definition) is 3. The fourth-order valence-electron chi connectivity index (χ4n) is 6.52. The number of aliphatic hydroxyl groups is 2. The molecular formula is C43H85O10P. The first-order valence-electron chi connectivity index (χ1n) is 22.5. The highest BCUT2D eigenvalue weighted by molar-refractivity contribution is 7.47. The number of rotatable bonds is 43. The maximum absolute atomic E-state index is 12.6. The zero-order valence-corrected chi connectivity index (χ0v) is 35.9. The molecule has 0 fully saturated rings. The normalized spacial score (nSPS) is 13.8. The third-order valence-electron chi connectivity index (χ3n) is 10.0. The van der Waals surface area contributed by atoms with Gasteiger partial charge in [0, 0.05) is 12.8 Å². The molecule has 0 spiro atoms. The molecule has 0 aliphatic rings. The first-order chi connectivity index (χ1) is 26.2. The average molecular weight is 793 g/mol. The van der Waals surface area contributed by atoms with Crippen molar-refractivity contribution < 1.29 is 47.8 Å². The van der Waals surface area contributed by atoms with Gasteiger partial charge in [-0.05, 0) is 12.8 Å². The Morgan fingerprint density at radius 2 is 0.796 bits per heavy atom. The molecule has 1 unspecified atom stereocenters. The van der Waals surface area contributed by atoms with Crippen LogP contribution in [0.2, 0.25) is 0 Å². The third kappa shape index (κ3) is 39.2. The van der Waals surface area contributed by atoms with E-state index in [-0.39, 0.29) is 19.4 Å². The van der Waals surface area contributed by atoms with Gasteiger partial charge in [-0.1, -0.05) is 200 Å². The summed E-state index contributed by atoms with van der Waals surface area (Å²) in [6, 6.07) is 0. The second-order valence-electron chi connectivity index (χ2n) is 15.4. The number of unbranched alkanes of at least 4 members (excludes halogenated alkanes) is 29. The molecule has 10 nitrogen and oxygen atoms in total. The molecule has 0 heterocycles. The summed E-state index contributed by atoms with van der Waals surface area (Å²) in [7, 11) is -4.61. The van der Waals surface area contributed by atoms with Crippen molar-refractivity contribution in [3.63, 3.8) is 0 Å². The lowest BCUT2D eigenvalue weighted by molar-refractivity contribution is -0.161. The van der Waals surface area contributed by atoms with Crippen molar-refractivity contribution in [2.45, 2.75) is 238 Å². The summed E-state index contributed by atoms with van der Waals surface area (Å²) in [6.07, 6.45) is 36.4. The second kappa shape index (κ2) is 40.2. The van der Waals surface area contributed by atoms with Crippen LogP contribution in [0.15, 0.2) is 0 Å². The molecule has 54 heavy (non-hydrogen) atoms. The van der Waals surface area contributed by atoms with Crippen LogP contribution >= 0.6 is 7.82 Å². The molecule has 0 saturated heterocycles. The molecule has 0 aromatic heterocycles. The summed E-state index contributed by atoms with van der Waals surface area (Å²) < 4.78 is 32.7. The zero-order valence-electron chi connectivity index (χ0n) is 35.0. The van der Waals surface area contributed by atoms with Gasteiger partial charge < -0.3 is 24.6 Å². The van der Waals surface area contributed by atoms with Crippen LogP contribution in [0.25, 0.3) is 0 Å². The van der Waals surface area contributed by atoms with E-state index in [0.717, 1.165) is 32.1 Å². The second-order valence-corrected chi connectivity index (χ2v) is 16.9. The Labute approximate surface area is 331 Å². The Morgan fingerprint density at radius 3 is 1.15 bits per heavy atom. The van der Waals surface area contributed by atoms with Crippen LogP contribution < -0.4 is 0 Å². The molecule has 0 aliphatic carbocycles. The fourth-order valence-corrected chi connectivity index (χ4v) is 7.31. The average Bonchev–Trinajstić information content (AvgIpc) is 3.16. The minimum absolute atomic E-state index is 0.192.